The predicted molar refractivity (Wildman–Crippen MR) is 85.6 cm³/mol. The van der Waals surface area contributed by atoms with Crippen LogP contribution >= 0.6 is 24.0 Å². The van der Waals surface area contributed by atoms with E-state index in [-0.39, 0.29) is 32.2 Å². The maximum atomic E-state index is 9.90. The van der Waals surface area contributed by atoms with E-state index in [9.17, 15) is 5.11 Å². The van der Waals surface area contributed by atoms with Gasteiger partial charge in [-0.05, 0) is 30.7 Å². The van der Waals surface area contributed by atoms with Crippen molar-refractivity contribution in [2.75, 3.05) is 39.5 Å². The van der Waals surface area contributed by atoms with E-state index in [2.05, 4.69) is 0 Å². The van der Waals surface area contributed by atoms with Crippen molar-refractivity contribution in [3.63, 3.8) is 0 Å². The molecule has 0 heterocycles. The molecule has 0 saturated carbocycles. The first-order valence-electron chi connectivity index (χ1n) is 6.58. The first-order valence-corrected chi connectivity index (χ1v) is 6.95. The first kappa shape index (κ1) is 20.4. The van der Waals surface area contributed by atoms with Gasteiger partial charge in [-0.25, -0.2) is 0 Å². The van der Waals surface area contributed by atoms with E-state index >= 15 is 0 Å². The third kappa shape index (κ3) is 7.85. The molecule has 1 atom stereocenters. The van der Waals surface area contributed by atoms with Crippen LogP contribution in [0.5, 0.6) is 5.75 Å². The SMILES string of the molecule is Cc1cc(OCC(O)CN(CCO)CCO)ccc1Cl.Cl. The highest BCUT2D eigenvalue weighted by molar-refractivity contribution is 6.31. The number of hydrogen-bond donors (Lipinski definition) is 3. The van der Waals surface area contributed by atoms with Crippen molar-refractivity contribution in [2.24, 2.45) is 0 Å². The predicted octanol–water partition coefficient (Wildman–Crippen LogP) is 1.10. The standard InChI is InChI=1S/C14H22ClNO4.ClH/c1-11-8-13(2-3-14(11)15)20-10-12(19)9-16(4-6-17)5-7-18;/h2-3,8,12,17-19H,4-7,9-10H2,1H3;1H. The van der Waals surface area contributed by atoms with Crippen molar-refractivity contribution in [2.45, 2.75) is 13.0 Å². The number of ether oxygens (including phenoxy) is 1. The zero-order valence-corrected chi connectivity index (χ0v) is 13.6. The molecule has 3 N–H and O–H groups in total. The van der Waals surface area contributed by atoms with Crippen LogP contribution in [0.1, 0.15) is 5.56 Å². The molecular weight excluding hydrogens is 317 g/mol. The van der Waals surface area contributed by atoms with E-state index in [4.69, 9.17) is 26.6 Å². The van der Waals surface area contributed by atoms with E-state index in [0.29, 0.717) is 30.4 Å². The highest BCUT2D eigenvalue weighted by Gasteiger charge is 2.12. The van der Waals surface area contributed by atoms with E-state index in [1.807, 2.05) is 13.0 Å². The van der Waals surface area contributed by atoms with Crippen LogP contribution in [-0.4, -0.2) is 65.8 Å². The van der Waals surface area contributed by atoms with Gasteiger partial charge in [0.15, 0.2) is 0 Å². The summed E-state index contributed by atoms with van der Waals surface area (Å²) in [6.07, 6.45) is -0.691. The number of benzene rings is 1. The molecule has 0 spiro atoms. The minimum absolute atomic E-state index is 0. The lowest BCUT2D eigenvalue weighted by Gasteiger charge is -2.23. The van der Waals surface area contributed by atoms with Crippen LogP contribution in [0.15, 0.2) is 18.2 Å². The van der Waals surface area contributed by atoms with Crippen LogP contribution in [-0.2, 0) is 0 Å². The minimum atomic E-state index is -0.691. The summed E-state index contributed by atoms with van der Waals surface area (Å²) < 4.78 is 5.50. The van der Waals surface area contributed by atoms with Crippen LogP contribution in [0.3, 0.4) is 0 Å². The van der Waals surface area contributed by atoms with Crippen molar-refractivity contribution in [1.29, 1.82) is 0 Å². The lowest BCUT2D eigenvalue weighted by molar-refractivity contribution is 0.0552. The molecule has 1 aromatic carbocycles. The molecule has 1 rings (SSSR count). The molecule has 0 fully saturated rings. The molecule has 1 unspecified atom stereocenters. The lowest BCUT2D eigenvalue weighted by Crippen LogP contribution is -2.38. The topological polar surface area (TPSA) is 73.2 Å². The van der Waals surface area contributed by atoms with Crippen LogP contribution in [0.2, 0.25) is 5.02 Å². The van der Waals surface area contributed by atoms with E-state index < -0.39 is 6.10 Å². The molecule has 0 saturated heterocycles. The van der Waals surface area contributed by atoms with Gasteiger partial charge in [0.05, 0.1) is 13.2 Å². The maximum Gasteiger partial charge on any atom is 0.119 e. The van der Waals surface area contributed by atoms with Crippen molar-refractivity contribution >= 4 is 24.0 Å². The van der Waals surface area contributed by atoms with Gasteiger partial charge in [0, 0.05) is 24.7 Å². The van der Waals surface area contributed by atoms with Gasteiger partial charge in [0.1, 0.15) is 18.5 Å². The number of aryl methyl sites for hydroxylation is 1. The summed E-state index contributed by atoms with van der Waals surface area (Å²) in [4.78, 5) is 1.78. The molecule has 0 aliphatic rings. The number of nitrogens with zero attached hydrogens (tertiary/aromatic N) is 1. The average Bonchev–Trinajstić information content (AvgIpc) is 2.41. The molecule has 1 aromatic rings. The fourth-order valence-electron chi connectivity index (χ4n) is 1.83. The second-order valence-electron chi connectivity index (χ2n) is 4.62. The smallest absolute Gasteiger partial charge is 0.119 e. The van der Waals surface area contributed by atoms with Crippen LogP contribution in [0.25, 0.3) is 0 Å². The molecule has 0 bridgehead atoms. The molecule has 21 heavy (non-hydrogen) atoms. The Morgan fingerprint density at radius 2 is 1.86 bits per heavy atom. The van der Waals surface area contributed by atoms with Crippen molar-refractivity contribution in [1.82, 2.24) is 4.90 Å². The number of hydrogen-bond acceptors (Lipinski definition) is 5. The number of aliphatic hydroxyl groups is 3. The molecule has 0 aliphatic carbocycles. The Kier molecular flexibility index (Phi) is 10.8. The lowest BCUT2D eigenvalue weighted by atomic mass is 10.2. The molecule has 7 heteroatoms. The third-order valence-electron chi connectivity index (χ3n) is 2.87. The Morgan fingerprint density at radius 1 is 1.24 bits per heavy atom. The number of aliphatic hydroxyl groups excluding tert-OH is 3. The molecule has 0 radical (unpaired) electrons. The normalized spacial score (nSPS) is 12.1. The summed E-state index contributed by atoms with van der Waals surface area (Å²) in [6, 6.07) is 5.32. The molecular formula is C14H23Cl2NO4. The summed E-state index contributed by atoms with van der Waals surface area (Å²) in [7, 11) is 0. The Hall–Kier alpha value is -0.560. The van der Waals surface area contributed by atoms with Crippen molar-refractivity contribution in [3.8, 4) is 5.75 Å². The molecule has 0 aromatic heterocycles. The monoisotopic (exact) mass is 339 g/mol. The zero-order valence-electron chi connectivity index (χ0n) is 12.0. The zero-order chi connectivity index (χ0) is 15.0. The van der Waals surface area contributed by atoms with Gasteiger partial charge in [-0.3, -0.25) is 4.90 Å². The Morgan fingerprint density at radius 3 is 2.38 bits per heavy atom. The fourth-order valence-corrected chi connectivity index (χ4v) is 1.94. The van der Waals surface area contributed by atoms with Gasteiger partial charge in [0.25, 0.3) is 0 Å². The largest absolute Gasteiger partial charge is 0.491 e. The van der Waals surface area contributed by atoms with Crippen LogP contribution in [0.4, 0.5) is 0 Å². The van der Waals surface area contributed by atoms with Crippen molar-refractivity contribution in [3.05, 3.63) is 28.8 Å². The van der Waals surface area contributed by atoms with E-state index in [1.54, 1.807) is 17.0 Å². The molecule has 122 valence electrons. The van der Waals surface area contributed by atoms with Gasteiger partial charge in [-0.2, -0.15) is 0 Å². The summed E-state index contributed by atoms with van der Waals surface area (Å²) in [5.41, 5.74) is 0.917. The van der Waals surface area contributed by atoms with E-state index in [1.165, 1.54) is 0 Å². The summed E-state index contributed by atoms with van der Waals surface area (Å²) in [5.74, 6) is 0.654. The minimum Gasteiger partial charge on any atom is -0.491 e. The quantitative estimate of drug-likeness (QED) is 0.628. The van der Waals surface area contributed by atoms with Gasteiger partial charge in [0.2, 0.25) is 0 Å². The Labute approximate surface area is 136 Å². The van der Waals surface area contributed by atoms with Crippen LogP contribution in [0, 0.1) is 6.92 Å². The average molecular weight is 340 g/mol. The Balaban J connectivity index is 0.00000400. The summed E-state index contributed by atoms with van der Waals surface area (Å²) in [6.45, 7) is 3.18. The molecule has 5 nitrogen and oxygen atoms in total. The summed E-state index contributed by atoms with van der Waals surface area (Å²) in [5, 5.41) is 28.4. The van der Waals surface area contributed by atoms with Gasteiger partial charge in [-0.15, -0.1) is 12.4 Å². The second kappa shape index (κ2) is 11.1. The number of rotatable bonds is 9. The van der Waals surface area contributed by atoms with Crippen molar-refractivity contribution < 1.29 is 20.1 Å². The summed E-state index contributed by atoms with van der Waals surface area (Å²) >= 11 is 5.92. The molecule has 0 amide bonds. The highest BCUT2D eigenvalue weighted by Crippen LogP contribution is 2.21. The van der Waals surface area contributed by atoms with Gasteiger partial charge >= 0.3 is 0 Å². The van der Waals surface area contributed by atoms with Gasteiger partial charge < -0.3 is 20.1 Å². The second-order valence-corrected chi connectivity index (χ2v) is 5.03. The fraction of sp³-hybridized carbons (Fsp3) is 0.571. The third-order valence-corrected chi connectivity index (χ3v) is 3.30. The number of halogens is 2. The van der Waals surface area contributed by atoms with Gasteiger partial charge in [-0.1, -0.05) is 11.6 Å². The highest BCUT2D eigenvalue weighted by atomic mass is 35.5. The molecule has 0 aliphatic heterocycles. The van der Waals surface area contributed by atoms with E-state index in [0.717, 1.165) is 5.56 Å². The first-order chi connectivity index (χ1) is 9.56. The Bertz CT molecular complexity index is 401. The maximum absolute atomic E-state index is 9.90. The van der Waals surface area contributed by atoms with Crippen LogP contribution < -0.4 is 4.74 Å².